The summed E-state index contributed by atoms with van der Waals surface area (Å²) in [6.45, 7) is 6.75. The summed E-state index contributed by atoms with van der Waals surface area (Å²) in [6, 6.07) is 7.67. The summed E-state index contributed by atoms with van der Waals surface area (Å²) in [6.07, 6.45) is 1.81. The Bertz CT molecular complexity index is 1720. The first kappa shape index (κ1) is 26.1. The molecule has 5 rings (SSSR count). The number of amides is 1. The van der Waals surface area contributed by atoms with Crippen molar-refractivity contribution >= 4 is 45.3 Å². The fraction of sp³-hybridized carbons (Fsp3) is 0.250. The van der Waals surface area contributed by atoms with Crippen molar-refractivity contribution in [3.05, 3.63) is 75.2 Å². The van der Waals surface area contributed by atoms with Gasteiger partial charge in [0.05, 0.1) is 42.1 Å². The van der Waals surface area contributed by atoms with Gasteiger partial charge in [-0.2, -0.15) is 0 Å². The van der Waals surface area contributed by atoms with Crippen molar-refractivity contribution in [2.75, 3.05) is 19.1 Å². The average Bonchev–Trinajstić information content (AvgIpc) is 3.55. The van der Waals surface area contributed by atoms with E-state index in [1.54, 1.807) is 32.0 Å². The van der Waals surface area contributed by atoms with Crippen molar-refractivity contribution in [1.29, 1.82) is 0 Å². The summed E-state index contributed by atoms with van der Waals surface area (Å²) >= 11 is 1.02. The third kappa shape index (κ3) is 4.06. The molecule has 1 N–H and O–H groups in total. The van der Waals surface area contributed by atoms with E-state index < -0.39 is 23.5 Å². The number of nitrogens with zero attached hydrogens (tertiary/aromatic N) is 4. The van der Waals surface area contributed by atoms with E-state index in [0.29, 0.717) is 39.0 Å². The van der Waals surface area contributed by atoms with Gasteiger partial charge in [-0.15, -0.1) is 0 Å². The molecule has 0 spiro atoms. The van der Waals surface area contributed by atoms with E-state index in [0.717, 1.165) is 16.9 Å². The molecule has 3 aromatic heterocycles. The normalized spacial score (nSPS) is 16.8. The number of hydrogen-bond donors (Lipinski definition) is 1. The molecule has 1 unspecified atom stereocenters. The number of pyridine rings is 1. The number of Topliss-reactive ketones (excluding diaryl/α,β-unsaturated/α-hetero) is 2. The first-order chi connectivity index (χ1) is 18.6. The number of anilines is 1. The lowest BCUT2D eigenvalue weighted by molar-refractivity contribution is -0.132. The molecule has 0 saturated carbocycles. The highest BCUT2D eigenvalue weighted by molar-refractivity contribution is 7.18. The number of imidazole rings is 1. The Morgan fingerprint density at radius 3 is 2.38 bits per heavy atom. The average molecular weight is 547 g/mol. The molecule has 0 aliphatic carbocycles. The van der Waals surface area contributed by atoms with Gasteiger partial charge in [-0.3, -0.25) is 19.3 Å². The molecule has 1 aromatic carbocycles. The van der Waals surface area contributed by atoms with Crippen LogP contribution in [0.15, 0.2) is 42.1 Å². The third-order valence-corrected chi connectivity index (χ3v) is 8.04. The molecule has 0 radical (unpaired) electrons. The molecular formula is C28H26N4O6S. The largest absolute Gasteiger partial charge is 0.505 e. The number of methoxy groups -OCH3 is 2. The second kappa shape index (κ2) is 9.66. The highest BCUT2D eigenvalue weighted by Crippen LogP contribution is 2.45. The number of thiazole rings is 1. The first-order valence-electron chi connectivity index (χ1n) is 12.0. The molecule has 1 aliphatic heterocycles. The number of aromatic nitrogens is 3. The molecule has 200 valence electrons. The summed E-state index contributed by atoms with van der Waals surface area (Å²) in [5.41, 5.74) is 3.07. The first-order valence-corrected chi connectivity index (χ1v) is 12.9. The second-order valence-corrected chi connectivity index (χ2v) is 10.2. The van der Waals surface area contributed by atoms with E-state index in [1.807, 2.05) is 29.7 Å². The van der Waals surface area contributed by atoms with Gasteiger partial charge in [0.2, 0.25) is 0 Å². The third-order valence-electron chi connectivity index (χ3n) is 6.79. The molecule has 1 amide bonds. The highest BCUT2D eigenvalue weighted by atomic mass is 32.1. The maximum atomic E-state index is 13.6. The van der Waals surface area contributed by atoms with Gasteiger partial charge in [-0.05, 0) is 50.1 Å². The summed E-state index contributed by atoms with van der Waals surface area (Å²) in [5.74, 6) is -1.55. The zero-order chi connectivity index (χ0) is 28.2. The van der Waals surface area contributed by atoms with Crippen molar-refractivity contribution in [1.82, 2.24) is 14.4 Å². The minimum absolute atomic E-state index is 0.145. The molecule has 1 aliphatic rings. The fourth-order valence-corrected chi connectivity index (χ4v) is 5.84. The monoisotopic (exact) mass is 546 g/mol. The number of carbonyl (C=O) groups is 3. The quantitative estimate of drug-likeness (QED) is 0.162. The minimum Gasteiger partial charge on any atom is -0.505 e. The van der Waals surface area contributed by atoms with Crippen molar-refractivity contribution < 1.29 is 29.0 Å². The van der Waals surface area contributed by atoms with Crippen molar-refractivity contribution in [3.8, 4) is 11.5 Å². The summed E-state index contributed by atoms with van der Waals surface area (Å²) in [4.78, 5) is 50.0. The molecular weight excluding hydrogens is 520 g/mol. The molecule has 11 heteroatoms. The van der Waals surface area contributed by atoms with Crippen LogP contribution in [-0.4, -0.2) is 51.2 Å². The molecule has 1 atom stereocenters. The topological polar surface area (TPSA) is 123 Å². The number of aliphatic hydroxyl groups is 1. The Hall–Kier alpha value is -4.51. The number of ether oxygens (including phenoxy) is 2. The predicted octanol–water partition coefficient (Wildman–Crippen LogP) is 4.56. The lowest BCUT2D eigenvalue weighted by Crippen LogP contribution is -2.29. The predicted molar refractivity (Wildman–Crippen MR) is 146 cm³/mol. The Morgan fingerprint density at radius 2 is 1.77 bits per heavy atom. The maximum absolute atomic E-state index is 13.6. The SMILES string of the molecule is COc1ccc(C2C(=C(O)c3nc4c(C)cccn4c3C)C(=O)C(=O)N2c2nc(C)c(C(C)=O)s2)cc1OC. The number of aryl methyl sites for hydroxylation is 3. The Morgan fingerprint density at radius 1 is 1.05 bits per heavy atom. The lowest BCUT2D eigenvalue weighted by Gasteiger charge is -2.23. The van der Waals surface area contributed by atoms with Crippen molar-refractivity contribution in [3.63, 3.8) is 0 Å². The smallest absolute Gasteiger partial charge is 0.301 e. The summed E-state index contributed by atoms with van der Waals surface area (Å²) in [5, 5.41) is 11.8. The van der Waals surface area contributed by atoms with Gasteiger partial charge in [0, 0.05) is 13.1 Å². The van der Waals surface area contributed by atoms with Gasteiger partial charge < -0.3 is 19.0 Å². The van der Waals surface area contributed by atoms with Crippen LogP contribution in [-0.2, 0) is 9.59 Å². The minimum atomic E-state index is -1.07. The van der Waals surface area contributed by atoms with Crippen LogP contribution < -0.4 is 14.4 Å². The molecule has 1 fully saturated rings. The number of benzene rings is 1. The summed E-state index contributed by atoms with van der Waals surface area (Å²) in [7, 11) is 2.98. The fourth-order valence-electron chi connectivity index (χ4n) is 4.85. The van der Waals surface area contributed by atoms with Gasteiger partial charge in [0.1, 0.15) is 11.3 Å². The van der Waals surface area contributed by atoms with E-state index in [1.165, 1.54) is 26.0 Å². The molecule has 10 nitrogen and oxygen atoms in total. The van der Waals surface area contributed by atoms with E-state index in [2.05, 4.69) is 9.97 Å². The van der Waals surface area contributed by atoms with Crippen molar-refractivity contribution in [2.45, 2.75) is 33.7 Å². The van der Waals surface area contributed by atoms with Gasteiger partial charge in [-0.1, -0.05) is 23.5 Å². The van der Waals surface area contributed by atoms with Crippen LogP contribution in [0.3, 0.4) is 0 Å². The van der Waals surface area contributed by atoms with Crippen molar-refractivity contribution in [2.24, 2.45) is 0 Å². The number of aliphatic hydroxyl groups excluding tert-OH is 1. The number of hydrogen-bond acceptors (Lipinski definition) is 9. The number of ketones is 2. The molecule has 1 saturated heterocycles. The second-order valence-electron chi connectivity index (χ2n) is 9.18. The Balaban J connectivity index is 1.79. The lowest BCUT2D eigenvalue weighted by atomic mass is 9.96. The number of fused-ring (bicyclic) bond motifs is 1. The van der Waals surface area contributed by atoms with Gasteiger partial charge in [-0.25, -0.2) is 9.97 Å². The van der Waals surface area contributed by atoms with Crippen LogP contribution in [0.1, 0.15) is 50.8 Å². The molecule has 39 heavy (non-hydrogen) atoms. The number of rotatable bonds is 6. The zero-order valence-corrected chi connectivity index (χ0v) is 23.0. The van der Waals surface area contributed by atoms with E-state index in [9.17, 15) is 19.5 Å². The van der Waals surface area contributed by atoms with E-state index >= 15 is 0 Å². The van der Waals surface area contributed by atoms with Crippen LogP contribution in [0.2, 0.25) is 0 Å². The Kier molecular flexibility index (Phi) is 6.47. The molecule has 4 heterocycles. The Labute approximate surface area is 228 Å². The standard InChI is InChI=1S/C28H26N4O6S/c1-13-8-7-11-31-15(3)21(30-26(13)31)23(34)20-22(17-9-10-18(37-5)19(12-17)38-6)32(27(36)24(20)35)28-29-14(2)25(39-28)16(4)33/h7-12,22,34H,1-6H3. The maximum Gasteiger partial charge on any atom is 0.301 e. The highest BCUT2D eigenvalue weighted by Gasteiger charge is 2.49. The van der Waals surface area contributed by atoms with Crippen LogP contribution in [0.25, 0.3) is 11.4 Å². The van der Waals surface area contributed by atoms with E-state index in [-0.39, 0.29) is 22.2 Å². The summed E-state index contributed by atoms with van der Waals surface area (Å²) < 4.78 is 12.7. The van der Waals surface area contributed by atoms with Gasteiger partial charge in [0.15, 0.2) is 28.2 Å². The zero-order valence-electron chi connectivity index (χ0n) is 22.2. The molecule has 0 bridgehead atoms. The van der Waals surface area contributed by atoms with Crippen LogP contribution in [0.5, 0.6) is 11.5 Å². The van der Waals surface area contributed by atoms with Crippen LogP contribution in [0, 0.1) is 20.8 Å². The number of carbonyl (C=O) groups excluding carboxylic acids is 3. The molecule has 4 aromatic rings. The van der Waals surface area contributed by atoms with Gasteiger partial charge in [0.25, 0.3) is 5.78 Å². The van der Waals surface area contributed by atoms with E-state index in [4.69, 9.17) is 9.47 Å². The van der Waals surface area contributed by atoms with Crippen LogP contribution >= 0.6 is 11.3 Å². The van der Waals surface area contributed by atoms with Gasteiger partial charge >= 0.3 is 5.91 Å². The van der Waals surface area contributed by atoms with Crippen LogP contribution in [0.4, 0.5) is 5.13 Å².